The SMILES string of the molecule is c1ccc(-c2ccc(-c3ccc(N(c4ccc(-c5ccc6ccccc6c5)cc4)c4ccc(-c5cc6ccccc6o5)cc4)cc3)cc2)cc1. The molecule has 0 N–H and O–H groups in total. The lowest BCUT2D eigenvalue weighted by molar-refractivity contribution is 0.631. The predicted octanol–water partition coefficient (Wildman–Crippen LogP) is 13.7. The van der Waals surface area contributed by atoms with Crippen molar-refractivity contribution in [3.05, 3.63) is 200 Å². The monoisotopic (exact) mass is 639 g/mol. The molecule has 0 spiro atoms. The molecule has 2 nitrogen and oxygen atoms in total. The first kappa shape index (κ1) is 29.5. The van der Waals surface area contributed by atoms with Crippen LogP contribution in [0, 0.1) is 0 Å². The number of furan rings is 1. The number of anilines is 3. The maximum absolute atomic E-state index is 6.18. The molecule has 0 fully saturated rings. The van der Waals surface area contributed by atoms with Crippen molar-refractivity contribution >= 4 is 38.8 Å². The van der Waals surface area contributed by atoms with Crippen molar-refractivity contribution in [3.63, 3.8) is 0 Å². The summed E-state index contributed by atoms with van der Waals surface area (Å²) in [6, 6.07) is 71.1. The van der Waals surface area contributed by atoms with Crippen LogP contribution in [-0.4, -0.2) is 0 Å². The molecule has 0 aliphatic carbocycles. The topological polar surface area (TPSA) is 16.4 Å². The van der Waals surface area contributed by atoms with E-state index in [1.165, 1.54) is 44.2 Å². The van der Waals surface area contributed by atoms with E-state index in [-0.39, 0.29) is 0 Å². The van der Waals surface area contributed by atoms with Gasteiger partial charge in [0.1, 0.15) is 11.3 Å². The first-order chi connectivity index (χ1) is 24.7. The number of hydrogen-bond acceptors (Lipinski definition) is 2. The third-order valence-electron chi connectivity index (χ3n) is 9.49. The summed E-state index contributed by atoms with van der Waals surface area (Å²) in [5.41, 5.74) is 12.4. The molecule has 2 heteroatoms. The van der Waals surface area contributed by atoms with Crippen molar-refractivity contribution in [2.45, 2.75) is 0 Å². The van der Waals surface area contributed by atoms with Gasteiger partial charge in [0.2, 0.25) is 0 Å². The molecule has 9 aromatic rings. The normalized spacial score (nSPS) is 11.2. The van der Waals surface area contributed by atoms with Gasteiger partial charge in [-0.3, -0.25) is 0 Å². The first-order valence-corrected chi connectivity index (χ1v) is 17.0. The quantitative estimate of drug-likeness (QED) is 0.173. The average Bonchev–Trinajstić information content (AvgIpc) is 3.64. The van der Waals surface area contributed by atoms with E-state index < -0.39 is 0 Å². The van der Waals surface area contributed by atoms with E-state index >= 15 is 0 Å². The van der Waals surface area contributed by atoms with Crippen molar-refractivity contribution in [1.82, 2.24) is 0 Å². The highest BCUT2D eigenvalue weighted by atomic mass is 16.3. The molecule has 0 saturated heterocycles. The maximum atomic E-state index is 6.18. The van der Waals surface area contributed by atoms with Crippen molar-refractivity contribution in [1.29, 1.82) is 0 Å². The van der Waals surface area contributed by atoms with Crippen LogP contribution in [0.3, 0.4) is 0 Å². The Bertz CT molecular complexity index is 2510. The second kappa shape index (κ2) is 12.8. The average molecular weight is 640 g/mol. The van der Waals surface area contributed by atoms with E-state index in [1.54, 1.807) is 0 Å². The predicted molar refractivity (Wildman–Crippen MR) is 210 cm³/mol. The van der Waals surface area contributed by atoms with Crippen LogP contribution < -0.4 is 4.90 Å². The molecule has 1 heterocycles. The Morgan fingerprint density at radius 1 is 0.280 bits per heavy atom. The van der Waals surface area contributed by atoms with E-state index in [4.69, 9.17) is 4.42 Å². The van der Waals surface area contributed by atoms with E-state index in [0.717, 1.165) is 39.4 Å². The summed E-state index contributed by atoms with van der Waals surface area (Å²) in [4.78, 5) is 2.31. The maximum Gasteiger partial charge on any atom is 0.135 e. The van der Waals surface area contributed by atoms with Crippen LogP contribution in [0.1, 0.15) is 0 Å². The minimum Gasteiger partial charge on any atom is -0.456 e. The van der Waals surface area contributed by atoms with Crippen LogP contribution in [0.25, 0.3) is 66.4 Å². The Hall–Kier alpha value is -6.64. The summed E-state index contributed by atoms with van der Waals surface area (Å²) in [5.74, 6) is 0.867. The minimum atomic E-state index is 0.867. The molecule has 0 bridgehead atoms. The van der Waals surface area contributed by atoms with Gasteiger partial charge in [0.05, 0.1) is 0 Å². The summed E-state index contributed by atoms with van der Waals surface area (Å²) >= 11 is 0. The molecule has 0 radical (unpaired) electrons. The summed E-state index contributed by atoms with van der Waals surface area (Å²) in [7, 11) is 0. The first-order valence-electron chi connectivity index (χ1n) is 17.0. The van der Waals surface area contributed by atoms with Gasteiger partial charge in [-0.05, 0) is 111 Å². The number of hydrogen-bond donors (Lipinski definition) is 0. The van der Waals surface area contributed by atoms with Gasteiger partial charge in [-0.25, -0.2) is 0 Å². The van der Waals surface area contributed by atoms with E-state index in [9.17, 15) is 0 Å². The van der Waals surface area contributed by atoms with Crippen LogP contribution >= 0.6 is 0 Å². The van der Waals surface area contributed by atoms with Crippen molar-refractivity contribution in [3.8, 4) is 44.7 Å². The molecule has 0 aliphatic rings. The number of fused-ring (bicyclic) bond motifs is 2. The lowest BCUT2D eigenvalue weighted by atomic mass is 9.99. The molecule has 0 atom stereocenters. The fourth-order valence-corrected chi connectivity index (χ4v) is 6.81. The summed E-state index contributed by atoms with van der Waals surface area (Å²) in [5, 5.41) is 3.60. The van der Waals surface area contributed by atoms with Crippen molar-refractivity contribution < 1.29 is 4.42 Å². The smallest absolute Gasteiger partial charge is 0.135 e. The van der Waals surface area contributed by atoms with Crippen LogP contribution in [0.2, 0.25) is 0 Å². The Balaban J connectivity index is 1.06. The van der Waals surface area contributed by atoms with Crippen LogP contribution in [0.15, 0.2) is 205 Å². The second-order valence-corrected chi connectivity index (χ2v) is 12.6. The molecule has 0 saturated carbocycles. The molecule has 0 unspecified atom stereocenters. The zero-order valence-electron chi connectivity index (χ0n) is 27.4. The van der Waals surface area contributed by atoms with Crippen molar-refractivity contribution in [2.24, 2.45) is 0 Å². The highest BCUT2D eigenvalue weighted by Gasteiger charge is 2.15. The molecule has 8 aromatic carbocycles. The standard InChI is InChI=1S/C48H33NO/c1-2-8-34(9-3-1)36-14-16-37(17-15-36)38-20-26-44(27-21-38)49(46-30-24-40(25-31-46)48-33-43-12-6-7-13-47(43)50-48)45-28-22-39(23-29-45)42-19-18-35-10-4-5-11-41(35)32-42/h1-33H. The molecule has 50 heavy (non-hydrogen) atoms. The van der Waals surface area contributed by atoms with Gasteiger partial charge in [-0.1, -0.05) is 133 Å². The summed E-state index contributed by atoms with van der Waals surface area (Å²) in [6.45, 7) is 0. The molecule has 0 amide bonds. The lowest BCUT2D eigenvalue weighted by Gasteiger charge is -2.26. The van der Waals surface area contributed by atoms with Crippen molar-refractivity contribution in [2.75, 3.05) is 4.90 Å². The van der Waals surface area contributed by atoms with Crippen LogP contribution in [0.5, 0.6) is 0 Å². The second-order valence-electron chi connectivity index (χ2n) is 12.6. The number of rotatable bonds is 7. The number of para-hydroxylation sites is 1. The zero-order valence-corrected chi connectivity index (χ0v) is 27.4. The minimum absolute atomic E-state index is 0.867. The Kier molecular flexibility index (Phi) is 7.53. The Labute approximate surface area is 292 Å². The third kappa shape index (κ3) is 5.74. The Morgan fingerprint density at radius 2 is 0.700 bits per heavy atom. The van der Waals surface area contributed by atoms with Gasteiger partial charge in [0, 0.05) is 28.0 Å². The lowest BCUT2D eigenvalue weighted by Crippen LogP contribution is -2.09. The molecule has 1 aromatic heterocycles. The van der Waals surface area contributed by atoms with Gasteiger partial charge >= 0.3 is 0 Å². The molecule has 9 rings (SSSR count). The molecular weight excluding hydrogens is 607 g/mol. The molecule has 0 aliphatic heterocycles. The van der Waals surface area contributed by atoms with Crippen LogP contribution in [0.4, 0.5) is 17.1 Å². The number of benzene rings is 8. The van der Waals surface area contributed by atoms with E-state index in [2.05, 4.69) is 187 Å². The largest absolute Gasteiger partial charge is 0.456 e. The van der Waals surface area contributed by atoms with E-state index in [0.29, 0.717) is 0 Å². The molecule has 236 valence electrons. The third-order valence-corrected chi connectivity index (χ3v) is 9.49. The van der Waals surface area contributed by atoms with Gasteiger partial charge in [0.25, 0.3) is 0 Å². The highest BCUT2D eigenvalue weighted by molar-refractivity contribution is 5.88. The summed E-state index contributed by atoms with van der Waals surface area (Å²) in [6.07, 6.45) is 0. The van der Waals surface area contributed by atoms with Gasteiger partial charge < -0.3 is 9.32 Å². The Morgan fingerprint density at radius 3 is 1.28 bits per heavy atom. The fraction of sp³-hybridized carbons (Fsp3) is 0. The van der Waals surface area contributed by atoms with Crippen LogP contribution in [-0.2, 0) is 0 Å². The zero-order chi connectivity index (χ0) is 33.3. The van der Waals surface area contributed by atoms with E-state index in [1.807, 2.05) is 18.2 Å². The summed E-state index contributed by atoms with van der Waals surface area (Å²) < 4.78 is 6.18. The van der Waals surface area contributed by atoms with Gasteiger partial charge in [-0.15, -0.1) is 0 Å². The fourth-order valence-electron chi connectivity index (χ4n) is 6.81. The van der Waals surface area contributed by atoms with Gasteiger partial charge in [-0.2, -0.15) is 0 Å². The number of nitrogens with zero attached hydrogens (tertiary/aromatic N) is 1. The van der Waals surface area contributed by atoms with Gasteiger partial charge in [0.15, 0.2) is 0 Å². The highest BCUT2D eigenvalue weighted by Crippen LogP contribution is 2.38. The molecular formula is C48H33NO.